The summed E-state index contributed by atoms with van der Waals surface area (Å²) in [6, 6.07) is 13.3. The second-order valence-corrected chi connectivity index (χ2v) is 7.44. The summed E-state index contributed by atoms with van der Waals surface area (Å²) in [5.41, 5.74) is 1.53. The molecule has 0 radical (unpaired) electrons. The van der Waals surface area contributed by atoms with Crippen molar-refractivity contribution in [3.05, 3.63) is 70.0 Å². The molecule has 3 N–H and O–H groups in total. The predicted octanol–water partition coefficient (Wildman–Crippen LogP) is 3.91. The summed E-state index contributed by atoms with van der Waals surface area (Å²) in [6.07, 6.45) is 0.424. The first kappa shape index (κ1) is 21.9. The van der Waals surface area contributed by atoms with Gasteiger partial charge in [-0.2, -0.15) is 4.98 Å². The van der Waals surface area contributed by atoms with Gasteiger partial charge in [0.15, 0.2) is 5.82 Å². The van der Waals surface area contributed by atoms with Crippen molar-refractivity contribution in [2.24, 2.45) is 0 Å². The molecule has 0 saturated heterocycles. The number of carbonyl (C=O) groups is 1. The number of amides is 2. The molecular formula is C20H21Cl2N5O3. The maximum absolute atomic E-state index is 12.6. The van der Waals surface area contributed by atoms with Crippen molar-refractivity contribution < 1.29 is 14.4 Å². The van der Waals surface area contributed by atoms with Crippen LogP contribution in [-0.2, 0) is 6.42 Å². The third-order valence-electron chi connectivity index (χ3n) is 4.27. The predicted molar refractivity (Wildman–Crippen MR) is 116 cm³/mol. The number of anilines is 2. The van der Waals surface area contributed by atoms with Gasteiger partial charge in [-0.1, -0.05) is 40.5 Å². The van der Waals surface area contributed by atoms with Crippen molar-refractivity contribution >= 4 is 40.9 Å². The van der Waals surface area contributed by atoms with Gasteiger partial charge in [0.05, 0.1) is 12.6 Å². The Hall–Kier alpha value is -2.81. The number of halogens is 2. The number of aromatic nitrogens is 2. The number of carbonyl (C=O) groups excluding carboxylic acids is 1. The van der Waals surface area contributed by atoms with Gasteiger partial charge in [-0.15, -0.1) is 0 Å². The van der Waals surface area contributed by atoms with E-state index in [-0.39, 0.29) is 12.6 Å². The molecule has 2 aromatic carbocycles. The molecule has 0 aliphatic heterocycles. The molecule has 0 saturated carbocycles. The van der Waals surface area contributed by atoms with Gasteiger partial charge in [0.25, 0.3) is 0 Å². The Balaban J connectivity index is 1.77. The fourth-order valence-corrected chi connectivity index (χ4v) is 2.94. The van der Waals surface area contributed by atoms with E-state index in [1.165, 1.54) is 0 Å². The number of nitrogens with one attached hydrogen (secondary N) is 2. The van der Waals surface area contributed by atoms with Gasteiger partial charge in [0.1, 0.15) is 0 Å². The van der Waals surface area contributed by atoms with Crippen molar-refractivity contribution in [2.75, 3.05) is 30.4 Å². The normalized spacial score (nSPS) is 11.7. The molecule has 0 spiro atoms. The molecule has 3 rings (SSSR count). The lowest BCUT2D eigenvalue weighted by atomic mass is 10.1. The third kappa shape index (κ3) is 6.09. The average Bonchev–Trinajstić information content (AvgIpc) is 3.21. The molecule has 0 fully saturated rings. The zero-order valence-electron chi connectivity index (χ0n) is 16.2. The molecule has 1 heterocycles. The van der Waals surface area contributed by atoms with Crippen LogP contribution in [0.15, 0.2) is 53.1 Å². The van der Waals surface area contributed by atoms with Crippen molar-refractivity contribution in [2.45, 2.75) is 12.5 Å². The van der Waals surface area contributed by atoms with E-state index in [4.69, 9.17) is 32.8 Å². The van der Waals surface area contributed by atoms with E-state index in [9.17, 15) is 4.79 Å². The maximum Gasteiger partial charge on any atom is 0.323 e. The van der Waals surface area contributed by atoms with Crippen LogP contribution in [0.2, 0.25) is 10.0 Å². The summed E-state index contributed by atoms with van der Waals surface area (Å²) in [5.74, 6) is 0.316. The minimum absolute atomic E-state index is 0.0514. The van der Waals surface area contributed by atoms with E-state index in [0.717, 1.165) is 5.56 Å². The van der Waals surface area contributed by atoms with Crippen LogP contribution in [0, 0.1) is 0 Å². The van der Waals surface area contributed by atoms with Crippen LogP contribution in [0.3, 0.4) is 0 Å². The number of urea groups is 1. The molecule has 158 valence electrons. The highest BCUT2D eigenvalue weighted by atomic mass is 35.5. The minimum atomic E-state index is -0.557. The summed E-state index contributed by atoms with van der Waals surface area (Å²) in [6.45, 7) is 0.290. The molecule has 30 heavy (non-hydrogen) atoms. The monoisotopic (exact) mass is 449 g/mol. The van der Waals surface area contributed by atoms with Crippen LogP contribution in [0.4, 0.5) is 16.5 Å². The largest absolute Gasteiger partial charge is 0.395 e. The third-order valence-corrected chi connectivity index (χ3v) is 4.77. The van der Waals surface area contributed by atoms with Crippen LogP contribution >= 0.6 is 23.2 Å². The molecule has 0 aliphatic carbocycles. The number of aliphatic hydroxyl groups is 1. The van der Waals surface area contributed by atoms with Crippen molar-refractivity contribution in [3.8, 4) is 0 Å². The molecule has 1 unspecified atom stereocenters. The van der Waals surface area contributed by atoms with Crippen LogP contribution in [0.1, 0.15) is 17.4 Å². The van der Waals surface area contributed by atoms with E-state index in [1.54, 1.807) is 48.3 Å². The Labute approximate surface area is 183 Å². The van der Waals surface area contributed by atoms with Crippen molar-refractivity contribution in [3.63, 3.8) is 0 Å². The Morgan fingerprint density at radius 2 is 1.77 bits per heavy atom. The first-order valence-electron chi connectivity index (χ1n) is 9.17. The fraction of sp³-hybridized carbons (Fsp3) is 0.250. The number of rotatable bonds is 8. The zero-order valence-corrected chi connectivity index (χ0v) is 17.7. The molecule has 1 aromatic heterocycles. The second-order valence-electron chi connectivity index (χ2n) is 6.57. The Morgan fingerprint density at radius 3 is 2.40 bits per heavy atom. The number of benzene rings is 2. The van der Waals surface area contributed by atoms with Crippen molar-refractivity contribution in [1.82, 2.24) is 15.5 Å². The lowest BCUT2D eigenvalue weighted by molar-refractivity contribution is 0.247. The van der Waals surface area contributed by atoms with E-state index >= 15 is 0 Å². The fourth-order valence-electron chi connectivity index (χ4n) is 2.69. The van der Waals surface area contributed by atoms with E-state index in [0.29, 0.717) is 34.5 Å². The summed E-state index contributed by atoms with van der Waals surface area (Å²) < 4.78 is 5.28. The van der Waals surface area contributed by atoms with Crippen molar-refractivity contribution in [1.29, 1.82) is 0 Å². The first-order valence-corrected chi connectivity index (χ1v) is 9.93. The number of nitrogens with zero attached hydrogens (tertiary/aromatic N) is 3. The molecule has 0 bridgehead atoms. The zero-order chi connectivity index (χ0) is 21.5. The molecule has 2 amide bonds. The van der Waals surface area contributed by atoms with E-state index in [2.05, 4.69) is 20.8 Å². The molecule has 0 aliphatic rings. The van der Waals surface area contributed by atoms with Gasteiger partial charge in [-0.3, -0.25) is 0 Å². The molecule has 1 atom stereocenters. The van der Waals surface area contributed by atoms with Gasteiger partial charge in [-0.05, 0) is 42.0 Å². The van der Waals surface area contributed by atoms with Gasteiger partial charge < -0.3 is 25.2 Å². The summed E-state index contributed by atoms with van der Waals surface area (Å²) in [7, 11) is 1.72. The smallest absolute Gasteiger partial charge is 0.323 e. The Bertz CT molecular complexity index is 963. The number of aliphatic hydroxyl groups excluding tert-OH is 1. The van der Waals surface area contributed by atoms with E-state index < -0.39 is 12.1 Å². The highest BCUT2D eigenvalue weighted by molar-refractivity contribution is 6.30. The highest BCUT2D eigenvalue weighted by Gasteiger charge is 2.22. The van der Waals surface area contributed by atoms with Crippen LogP contribution < -0.4 is 15.5 Å². The summed E-state index contributed by atoms with van der Waals surface area (Å²) >= 11 is 11.8. The highest BCUT2D eigenvalue weighted by Crippen LogP contribution is 2.21. The van der Waals surface area contributed by atoms with Gasteiger partial charge in [-0.25, -0.2) is 4.79 Å². The lowest BCUT2D eigenvalue weighted by Crippen LogP contribution is -2.34. The SMILES string of the molecule is CN(CCO)c1nc(C(Cc2ccc(Cl)cc2)NC(=O)Nc2ccc(Cl)cc2)no1. The standard InChI is InChI=1S/C20H21Cl2N5O3/c1-27(10-11-28)20-25-18(26-30-20)17(12-13-2-4-14(21)5-3-13)24-19(29)23-16-8-6-15(22)7-9-16/h2-9,17,28H,10-12H2,1H3,(H2,23,24,29). The van der Waals surface area contributed by atoms with Gasteiger partial charge in [0.2, 0.25) is 0 Å². The van der Waals surface area contributed by atoms with Gasteiger partial charge >= 0.3 is 12.0 Å². The van der Waals surface area contributed by atoms with Crippen LogP contribution in [0.5, 0.6) is 0 Å². The maximum atomic E-state index is 12.6. The summed E-state index contributed by atoms with van der Waals surface area (Å²) in [5, 5.41) is 19.9. The van der Waals surface area contributed by atoms with Gasteiger partial charge in [0, 0.05) is 35.7 Å². The number of likely N-dealkylation sites (N-methyl/N-ethyl adjacent to an activating group) is 1. The minimum Gasteiger partial charge on any atom is -0.395 e. The quantitative estimate of drug-likeness (QED) is 0.481. The molecule has 8 nitrogen and oxygen atoms in total. The number of hydrogen-bond donors (Lipinski definition) is 3. The first-order chi connectivity index (χ1) is 14.4. The Morgan fingerprint density at radius 1 is 1.13 bits per heavy atom. The van der Waals surface area contributed by atoms with E-state index in [1.807, 2.05) is 12.1 Å². The number of hydrogen-bond acceptors (Lipinski definition) is 6. The Kier molecular flexibility index (Phi) is 7.51. The van der Waals surface area contributed by atoms with Crippen LogP contribution in [-0.4, -0.2) is 41.5 Å². The second kappa shape index (κ2) is 10.3. The molecule has 3 aromatic rings. The topological polar surface area (TPSA) is 104 Å². The lowest BCUT2D eigenvalue weighted by Gasteiger charge is -2.16. The molecule has 10 heteroatoms. The summed E-state index contributed by atoms with van der Waals surface area (Å²) in [4.78, 5) is 18.6. The average molecular weight is 450 g/mol. The molecular weight excluding hydrogens is 429 g/mol. The van der Waals surface area contributed by atoms with Crippen LogP contribution in [0.25, 0.3) is 0 Å².